The van der Waals surface area contributed by atoms with E-state index in [9.17, 15) is 9.90 Å². The molecule has 2 N–H and O–H groups in total. The van der Waals surface area contributed by atoms with E-state index in [0.29, 0.717) is 13.1 Å². The van der Waals surface area contributed by atoms with Crippen LogP contribution >= 0.6 is 0 Å². The Morgan fingerprint density at radius 2 is 1.76 bits per heavy atom. The third-order valence-electron chi connectivity index (χ3n) is 3.97. The number of rotatable bonds is 4. The molecule has 17 heavy (non-hydrogen) atoms. The van der Waals surface area contributed by atoms with Crippen LogP contribution in [-0.4, -0.2) is 47.7 Å². The maximum Gasteiger partial charge on any atom is 0.236 e. The van der Waals surface area contributed by atoms with Crippen LogP contribution in [0.4, 0.5) is 0 Å². The van der Waals surface area contributed by atoms with Gasteiger partial charge >= 0.3 is 0 Å². The van der Waals surface area contributed by atoms with Crippen molar-refractivity contribution in [3.63, 3.8) is 0 Å². The number of nitrogens with one attached hydrogen (secondary N) is 1. The number of hydrogen-bond acceptors (Lipinski definition) is 3. The van der Waals surface area contributed by atoms with Gasteiger partial charge in [-0.25, -0.2) is 0 Å². The van der Waals surface area contributed by atoms with Crippen molar-refractivity contribution in [3.8, 4) is 0 Å². The Morgan fingerprint density at radius 3 is 2.29 bits per heavy atom. The predicted octanol–water partition coefficient (Wildman–Crippen LogP) is 0.894. The van der Waals surface area contributed by atoms with Crippen molar-refractivity contribution in [3.05, 3.63) is 0 Å². The van der Waals surface area contributed by atoms with Gasteiger partial charge in [0.2, 0.25) is 5.91 Å². The molecule has 4 nitrogen and oxygen atoms in total. The van der Waals surface area contributed by atoms with Crippen LogP contribution in [0, 0.1) is 0 Å². The number of carbonyl (C=O) groups is 1. The fourth-order valence-corrected chi connectivity index (χ4v) is 2.60. The Kier molecular flexibility index (Phi) is 4.40. The van der Waals surface area contributed by atoms with Crippen molar-refractivity contribution >= 4 is 5.91 Å². The van der Waals surface area contributed by atoms with E-state index in [-0.39, 0.29) is 5.91 Å². The molecule has 0 aromatic rings. The molecule has 1 saturated carbocycles. The largest absolute Gasteiger partial charge is 0.389 e. The van der Waals surface area contributed by atoms with Gasteiger partial charge in [0, 0.05) is 19.6 Å². The number of aliphatic hydroxyl groups is 1. The minimum absolute atomic E-state index is 0.190. The number of likely N-dealkylation sites (tertiary alicyclic amines) is 1. The van der Waals surface area contributed by atoms with Crippen molar-refractivity contribution in [2.24, 2.45) is 0 Å². The van der Waals surface area contributed by atoms with Crippen molar-refractivity contribution in [2.75, 3.05) is 26.2 Å². The van der Waals surface area contributed by atoms with Crippen molar-refractivity contribution in [1.29, 1.82) is 0 Å². The normalized spacial score (nSPS) is 23.9. The molecule has 2 rings (SSSR count). The van der Waals surface area contributed by atoms with Crippen LogP contribution in [-0.2, 0) is 4.79 Å². The molecule has 0 radical (unpaired) electrons. The van der Waals surface area contributed by atoms with E-state index >= 15 is 0 Å². The Hall–Kier alpha value is -0.610. The van der Waals surface area contributed by atoms with Gasteiger partial charge in [-0.1, -0.05) is 12.8 Å². The molecule has 0 spiro atoms. The highest BCUT2D eigenvalue weighted by Crippen LogP contribution is 2.30. The van der Waals surface area contributed by atoms with E-state index in [0.717, 1.165) is 45.2 Å². The van der Waals surface area contributed by atoms with Gasteiger partial charge in [-0.2, -0.15) is 0 Å². The molecule has 2 aliphatic rings. The molecule has 98 valence electrons. The summed E-state index contributed by atoms with van der Waals surface area (Å²) in [6, 6.07) is 0. The minimum Gasteiger partial charge on any atom is -0.389 e. The topological polar surface area (TPSA) is 52.6 Å². The van der Waals surface area contributed by atoms with E-state index in [1.807, 2.05) is 4.90 Å². The SMILES string of the molecule is O=C(CNCC1(O)CCC1)N1CCCCCC1. The van der Waals surface area contributed by atoms with Crippen LogP contribution in [0.1, 0.15) is 44.9 Å². The summed E-state index contributed by atoms with van der Waals surface area (Å²) in [5.74, 6) is 0.190. The summed E-state index contributed by atoms with van der Waals surface area (Å²) >= 11 is 0. The standard InChI is InChI=1S/C13H24N2O2/c16-12(15-8-3-1-2-4-9-15)10-14-11-13(17)6-5-7-13/h14,17H,1-11H2. The molecule has 0 bridgehead atoms. The van der Waals surface area contributed by atoms with Crippen LogP contribution in [0.25, 0.3) is 0 Å². The average Bonchev–Trinajstić information content (AvgIpc) is 2.55. The van der Waals surface area contributed by atoms with Crippen LogP contribution in [0.2, 0.25) is 0 Å². The van der Waals surface area contributed by atoms with Crippen molar-refractivity contribution < 1.29 is 9.90 Å². The lowest BCUT2D eigenvalue weighted by molar-refractivity contribution is -0.130. The first-order valence-electron chi connectivity index (χ1n) is 6.91. The summed E-state index contributed by atoms with van der Waals surface area (Å²) < 4.78 is 0. The lowest BCUT2D eigenvalue weighted by Gasteiger charge is -2.36. The predicted molar refractivity (Wildman–Crippen MR) is 66.7 cm³/mol. The molecule has 1 aliphatic carbocycles. The minimum atomic E-state index is -0.529. The monoisotopic (exact) mass is 240 g/mol. The summed E-state index contributed by atoms with van der Waals surface area (Å²) in [6.07, 6.45) is 7.62. The van der Waals surface area contributed by atoms with Crippen molar-refractivity contribution in [2.45, 2.75) is 50.5 Å². The number of carbonyl (C=O) groups excluding carboxylic acids is 1. The highest BCUT2D eigenvalue weighted by Gasteiger charge is 2.33. The lowest BCUT2D eigenvalue weighted by Crippen LogP contribution is -2.49. The quantitative estimate of drug-likeness (QED) is 0.767. The first-order valence-corrected chi connectivity index (χ1v) is 6.91. The molecule has 0 unspecified atom stereocenters. The van der Waals surface area contributed by atoms with E-state index < -0.39 is 5.60 Å². The van der Waals surface area contributed by atoms with Gasteiger partial charge < -0.3 is 15.3 Å². The molecular formula is C13H24N2O2. The third-order valence-corrected chi connectivity index (χ3v) is 3.97. The molecular weight excluding hydrogens is 216 g/mol. The Bertz CT molecular complexity index is 256. The molecule has 4 heteroatoms. The highest BCUT2D eigenvalue weighted by atomic mass is 16.3. The summed E-state index contributed by atoms with van der Waals surface area (Å²) in [4.78, 5) is 13.9. The molecule has 0 aromatic heterocycles. The van der Waals surface area contributed by atoms with Gasteiger partial charge in [-0.15, -0.1) is 0 Å². The summed E-state index contributed by atoms with van der Waals surface area (Å²) in [5, 5.41) is 13.0. The summed E-state index contributed by atoms with van der Waals surface area (Å²) in [5.41, 5.74) is -0.529. The highest BCUT2D eigenvalue weighted by molar-refractivity contribution is 5.78. The van der Waals surface area contributed by atoms with Crippen LogP contribution in [0.15, 0.2) is 0 Å². The second-order valence-electron chi connectivity index (χ2n) is 5.48. The van der Waals surface area contributed by atoms with Gasteiger partial charge in [0.15, 0.2) is 0 Å². The first kappa shape index (κ1) is 12.8. The Balaban J connectivity index is 1.65. The fourth-order valence-electron chi connectivity index (χ4n) is 2.60. The number of nitrogens with zero attached hydrogens (tertiary/aromatic N) is 1. The van der Waals surface area contributed by atoms with Gasteiger partial charge in [0.25, 0.3) is 0 Å². The van der Waals surface area contributed by atoms with E-state index in [4.69, 9.17) is 0 Å². The number of amides is 1. The van der Waals surface area contributed by atoms with E-state index in [1.165, 1.54) is 12.8 Å². The van der Waals surface area contributed by atoms with E-state index in [2.05, 4.69) is 5.32 Å². The second-order valence-corrected chi connectivity index (χ2v) is 5.48. The van der Waals surface area contributed by atoms with Crippen LogP contribution < -0.4 is 5.32 Å². The van der Waals surface area contributed by atoms with E-state index in [1.54, 1.807) is 0 Å². The molecule has 1 amide bonds. The molecule has 1 aliphatic heterocycles. The molecule has 1 heterocycles. The van der Waals surface area contributed by atoms with Gasteiger partial charge in [-0.3, -0.25) is 4.79 Å². The Labute approximate surface area is 103 Å². The fraction of sp³-hybridized carbons (Fsp3) is 0.923. The van der Waals surface area contributed by atoms with Crippen LogP contribution in [0.5, 0.6) is 0 Å². The van der Waals surface area contributed by atoms with Gasteiger partial charge in [0.1, 0.15) is 0 Å². The third kappa shape index (κ3) is 3.68. The zero-order valence-electron chi connectivity index (χ0n) is 10.6. The summed E-state index contributed by atoms with van der Waals surface area (Å²) in [6.45, 7) is 2.75. The second kappa shape index (κ2) is 5.83. The average molecular weight is 240 g/mol. The number of hydrogen-bond donors (Lipinski definition) is 2. The molecule has 1 saturated heterocycles. The van der Waals surface area contributed by atoms with Gasteiger partial charge in [-0.05, 0) is 32.1 Å². The zero-order chi connectivity index (χ0) is 12.1. The maximum atomic E-state index is 11.9. The summed E-state index contributed by atoms with van der Waals surface area (Å²) in [7, 11) is 0. The Morgan fingerprint density at radius 1 is 1.12 bits per heavy atom. The zero-order valence-corrected chi connectivity index (χ0v) is 10.6. The maximum absolute atomic E-state index is 11.9. The molecule has 2 fully saturated rings. The molecule has 0 aromatic carbocycles. The lowest BCUT2D eigenvalue weighted by atomic mass is 9.80. The van der Waals surface area contributed by atoms with Crippen molar-refractivity contribution in [1.82, 2.24) is 10.2 Å². The van der Waals surface area contributed by atoms with Crippen LogP contribution in [0.3, 0.4) is 0 Å². The smallest absolute Gasteiger partial charge is 0.236 e. The first-order chi connectivity index (χ1) is 8.20. The van der Waals surface area contributed by atoms with Gasteiger partial charge in [0.05, 0.1) is 12.1 Å². The molecule has 0 atom stereocenters.